The van der Waals surface area contributed by atoms with E-state index in [-0.39, 0.29) is 11.6 Å². The highest BCUT2D eigenvalue weighted by molar-refractivity contribution is 9.11. The van der Waals surface area contributed by atoms with Crippen LogP contribution >= 0.6 is 27.3 Å². The fourth-order valence-corrected chi connectivity index (χ4v) is 10.9. The third-order valence-electron chi connectivity index (χ3n) is 6.53. The van der Waals surface area contributed by atoms with Gasteiger partial charge in [-0.3, -0.25) is 0 Å². The van der Waals surface area contributed by atoms with Gasteiger partial charge in [0.15, 0.2) is 9.70 Å². The Bertz CT molecular complexity index is 1100. The molecule has 2 N–H and O–H groups in total. The second-order valence-electron chi connectivity index (χ2n) is 10.6. The van der Waals surface area contributed by atoms with E-state index >= 15 is 0 Å². The van der Waals surface area contributed by atoms with Crippen molar-refractivity contribution in [1.29, 1.82) is 0 Å². The molecule has 3 aromatic rings. The van der Waals surface area contributed by atoms with Gasteiger partial charge in [-0.05, 0) is 45.2 Å². The highest BCUT2D eigenvalue weighted by atomic mass is 79.9. The van der Waals surface area contributed by atoms with Crippen molar-refractivity contribution in [2.75, 3.05) is 6.61 Å². The summed E-state index contributed by atoms with van der Waals surface area (Å²) in [5.41, 5.74) is 0. The van der Waals surface area contributed by atoms with Gasteiger partial charge in [0, 0.05) is 6.20 Å². The quantitative estimate of drug-likeness (QED) is 0.378. The van der Waals surface area contributed by atoms with Crippen LogP contribution in [0.1, 0.15) is 45.6 Å². The lowest BCUT2D eigenvalue weighted by atomic mass is 10.0. The van der Waals surface area contributed by atoms with Crippen molar-refractivity contribution in [3.8, 4) is 0 Å². The summed E-state index contributed by atoms with van der Waals surface area (Å²) in [5.74, 6) is -0.962. The summed E-state index contributed by atoms with van der Waals surface area (Å²) in [4.78, 5) is 4.81. The van der Waals surface area contributed by atoms with Gasteiger partial charge in [0.25, 0.3) is 8.32 Å². The number of nitrogens with zero attached hydrogens (tertiary/aromatic N) is 1. The predicted octanol–water partition coefficient (Wildman–Crippen LogP) is 4.40. The van der Waals surface area contributed by atoms with Gasteiger partial charge in [-0.2, -0.15) is 0 Å². The SMILES string of the molecule is CC1(C)O[C@H]([C@H](O)CO[Si](c2ccccc2)(c2ccccc2)C(C)(C)C)[C@@H](C(O)c2cnc(Br)s2)O1. The number of halogens is 1. The molecule has 1 aromatic heterocycles. The monoisotopic (exact) mass is 591 g/mol. The van der Waals surface area contributed by atoms with Crippen molar-refractivity contribution in [1.82, 2.24) is 4.98 Å². The number of benzene rings is 2. The molecular formula is C27H34BrNO5SSi. The maximum atomic E-state index is 11.4. The zero-order chi connectivity index (χ0) is 26.1. The average molecular weight is 593 g/mol. The molecule has 4 atom stereocenters. The molecule has 36 heavy (non-hydrogen) atoms. The molecule has 4 rings (SSSR count). The predicted molar refractivity (Wildman–Crippen MR) is 148 cm³/mol. The topological polar surface area (TPSA) is 81.0 Å². The molecule has 6 nitrogen and oxygen atoms in total. The number of hydrogen-bond acceptors (Lipinski definition) is 7. The van der Waals surface area contributed by atoms with Crippen LogP contribution in [-0.2, 0) is 13.9 Å². The van der Waals surface area contributed by atoms with Gasteiger partial charge in [0.05, 0.1) is 11.5 Å². The van der Waals surface area contributed by atoms with E-state index in [1.54, 1.807) is 20.0 Å². The molecule has 1 fully saturated rings. The van der Waals surface area contributed by atoms with Crippen LogP contribution in [0, 0.1) is 0 Å². The number of aliphatic hydroxyl groups is 2. The second kappa shape index (κ2) is 10.7. The van der Waals surface area contributed by atoms with E-state index in [0.29, 0.717) is 8.79 Å². The first kappa shape index (κ1) is 27.6. The standard InChI is InChI=1S/C27H34BrNO5SSi/c1-26(2,3)36(18-12-8-6-9-13-18,19-14-10-7-11-15-19)32-17-20(30)23-24(34-27(4,5)33-23)22(31)21-16-29-25(28)35-21/h6-16,20,22-24,30-31H,17H2,1-5H3/t20-,22?,23-,24-/m1/s1. The molecule has 2 heterocycles. The maximum Gasteiger partial charge on any atom is 0.261 e. The first-order valence-corrected chi connectivity index (χ1v) is 15.5. The Morgan fingerprint density at radius 1 is 1.00 bits per heavy atom. The number of aromatic nitrogens is 1. The molecule has 0 radical (unpaired) electrons. The fourth-order valence-electron chi connectivity index (χ4n) is 4.99. The van der Waals surface area contributed by atoms with Gasteiger partial charge in [-0.25, -0.2) is 4.98 Å². The van der Waals surface area contributed by atoms with Crippen molar-refractivity contribution in [2.24, 2.45) is 0 Å². The highest BCUT2D eigenvalue weighted by Gasteiger charge is 2.53. The summed E-state index contributed by atoms with van der Waals surface area (Å²) in [5, 5.41) is 24.6. The minimum Gasteiger partial charge on any atom is -0.405 e. The zero-order valence-corrected chi connectivity index (χ0v) is 24.6. The molecule has 1 aliphatic rings. The lowest BCUT2D eigenvalue weighted by Gasteiger charge is -2.43. The zero-order valence-electron chi connectivity index (χ0n) is 21.2. The molecular weight excluding hydrogens is 558 g/mol. The van der Waals surface area contributed by atoms with Gasteiger partial charge in [-0.1, -0.05) is 81.4 Å². The third-order valence-corrected chi connectivity index (χ3v) is 13.1. The summed E-state index contributed by atoms with van der Waals surface area (Å²) < 4.78 is 19.7. The summed E-state index contributed by atoms with van der Waals surface area (Å²) in [6, 6.07) is 20.6. The Balaban J connectivity index is 1.65. The van der Waals surface area contributed by atoms with E-state index in [1.807, 2.05) is 36.4 Å². The van der Waals surface area contributed by atoms with Crippen LogP contribution in [0.3, 0.4) is 0 Å². The van der Waals surface area contributed by atoms with Gasteiger partial charge in [-0.15, -0.1) is 11.3 Å². The van der Waals surface area contributed by atoms with Gasteiger partial charge < -0.3 is 24.1 Å². The summed E-state index contributed by atoms with van der Waals surface area (Å²) >= 11 is 4.67. The minimum absolute atomic E-state index is 0.0347. The second-order valence-corrected chi connectivity index (χ2v) is 17.2. The van der Waals surface area contributed by atoms with Crippen molar-refractivity contribution in [2.45, 2.75) is 69.9 Å². The molecule has 2 aromatic carbocycles. The van der Waals surface area contributed by atoms with E-state index in [0.717, 1.165) is 10.4 Å². The number of ether oxygens (including phenoxy) is 2. The van der Waals surface area contributed by atoms with E-state index in [1.165, 1.54) is 11.3 Å². The van der Waals surface area contributed by atoms with Gasteiger partial charge >= 0.3 is 0 Å². The van der Waals surface area contributed by atoms with Crippen LogP contribution in [-0.4, -0.2) is 54.2 Å². The van der Waals surface area contributed by atoms with Crippen molar-refractivity contribution in [3.05, 3.63) is 75.7 Å². The van der Waals surface area contributed by atoms with Crippen LogP contribution in [0.4, 0.5) is 0 Å². The normalized spacial score (nSPS) is 21.9. The van der Waals surface area contributed by atoms with Crippen LogP contribution in [0.15, 0.2) is 70.8 Å². The summed E-state index contributed by atoms with van der Waals surface area (Å²) in [6.07, 6.45) is -1.97. The molecule has 0 bridgehead atoms. The molecule has 1 aliphatic heterocycles. The molecule has 0 aliphatic carbocycles. The summed E-state index contributed by atoms with van der Waals surface area (Å²) in [6.45, 7) is 10.2. The number of rotatable bonds is 8. The van der Waals surface area contributed by atoms with Crippen LogP contribution in [0.5, 0.6) is 0 Å². The Morgan fingerprint density at radius 3 is 2.00 bits per heavy atom. The minimum atomic E-state index is -2.84. The number of hydrogen-bond donors (Lipinski definition) is 2. The number of aliphatic hydroxyl groups excluding tert-OH is 2. The highest BCUT2D eigenvalue weighted by Crippen LogP contribution is 2.40. The molecule has 1 unspecified atom stereocenters. The Kier molecular flexibility index (Phi) is 8.24. The smallest absolute Gasteiger partial charge is 0.261 e. The van der Waals surface area contributed by atoms with Crippen molar-refractivity contribution >= 4 is 46.0 Å². The molecule has 194 valence electrons. The first-order valence-electron chi connectivity index (χ1n) is 12.0. The van der Waals surface area contributed by atoms with Crippen molar-refractivity contribution < 1.29 is 24.1 Å². The van der Waals surface area contributed by atoms with Crippen LogP contribution in [0.25, 0.3) is 0 Å². The van der Waals surface area contributed by atoms with Crippen LogP contribution in [0.2, 0.25) is 5.04 Å². The average Bonchev–Trinajstić information content (AvgIpc) is 3.42. The Labute approximate surface area is 226 Å². The fraction of sp³-hybridized carbons (Fsp3) is 0.444. The summed E-state index contributed by atoms with van der Waals surface area (Å²) in [7, 11) is -2.84. The Hall–Kier alpha value is -1.43. The molecule has 0 saturated carbocycles. The Morgan fingerprint density at radius 2 is 1.53 bits per heavy atom. The largest absolute Gasteiger partial charge is 0.405 e. The maximum absolute atomic E-state index is 11.4. The third kappa shape index (κ3) is 5.54. The first-order chi connectivity index (χ1) is 16.9. The van der Waals surface area contributed by atoms with Crippen LogP contribution < -0.4 is 10.4 Å². The number of thiazole rings is 1. The van der Waals surface area contributed by atoms with E-state index in [2.05, 4.69) is 66.0 Å². The van der Waals surface area contributed by atoms with Gasteiger partial charge in [0.1, 0.15) is 24.4 Å². The van der Waals surface area contributed by atoms with E-state index < -0.39 is 38.5 Å². The molecule has 9 heteroatoms. The molecule has 0 amide bonds. The van der Waals surface area contributed by atoms with Gasteiger partial charge in [0.2, 0.25) is 0 Å². The lowest BCUT2D eigenvalue weighted by Crippen LogP contribution is -2.67. The van der Waals surface area contributed by atoms with E-state index in [4.69, 9.17) is 13.9 Å². The molecule has 0 spiro atoms. The molecule has 1 saturated heterocycles. The lowest BCUT2D eigenvalue weighted by molar-refractivity contribution is -0.161. The van der Waals surface area contributed by atoms with Crippen molar-refractivity contribution in [3.63, 3.8) is 0 Å². The van der Waals surface area contributed by atoms with E-state index in [9.17, 15) is 10.2 Å².